The molecule has 32 heavy (non-hydrogen) atoms. The van der Waals surface area contributed by atoms with Crippen LogP contribution >= 0.6 is 0 Å². The molecule has 0 spiro atoms. The van der Waals surface area contributed by atoms with Gasteiger partial charge in [-0.2, -0.15) is 0 Å². The van der Waals surface area contributed by atoms with E-state index in [2.05, 4.69) is 67.7 Å². The quantitative estimate of drug-likeness (QED) is 0.249. The van der Waals surface area contributed by atoms with Gasteiger partial charge in [-0.05, 0) is 54.0 Å². The van der Waals surface area contributed by atoms with E-state index in [-0.39, 0.29) is 16.2 Å². The summed E-state index contributed by atoms with van der Waals surface area (Å²) in [5.74, 6) is 0.824. The lowest BCUT2D eigenvalue weighted by Gasteiger charge is -2.41. The number of ether oxygens (including phenoxy) is 2. The summed E-state index contributed by atoms with van der Waals surface area (Å²) in [6.07, 6.45) is 0.751. The van der Waals surface area contributed by atoms with Crippen molar-refractivity contribution >= 4 is 22.9 Å². The number of benzene rings is 1. The minimum atomic E-state index is -2.07. The molecule has 7 heteroatoms. The number of rotatable bonds is 12. The molecule has 184 valence electrons. The number of carbonyl (C=O) groups excluding carboxylic acids is 1. The third-order valence-electron chi connectivity index (χ3n) is 6.90. The van der Waals surface area contributed by atoms with E-state index >= 15 is 0 Å². The van der Waals surface area contributed by atoms with Crippen molar-refractivity contribution in [2.24, 2.45) is 0 Å². The maximum atomic E-state index is 12.0. The number of methoxy groups -OCH3 is 1. The highest BCUT2D eigenvalue weighted by Crippen LogP contribution is 2.39. The number of aldehydes is 1. The zero-order valence-electron chi connectivity index (χ0n) is 22.2. The Morgan fingerprint density at radius 3 is 1.81 bits per heavy atom. The van der Waals surface area contributed by atoms with Gasteiger partial charge in [-0.15, -0.1) is 0 Å². The molecule has 0 bridgehead atoms. The van der Waals surface area contributed by atoms with Gasteiger partial charge in [0.1, 0.15) is 18.1 Å². The molecule has 0 saturated heterocycles. The fourth-order valence-corrected chi connectivity index (χ4v) is 5.33. The maximum absolute atomic E-state index is 12.0. The van der Waals surface area contributed by atoms with Crippen molar-refractivity contribution in [3.63, 3.8) is 0 Å². The molecule has 2 atom stereocenters. The van der Waals surface area contributed by atoms with E-state index < -0.39 is 22.7 Å². The second-order valence-corrected chi connectivity index (χ2v) is 21.2. The molecule has 0 heterocycles. The van der Waals surface area contributed by atoms with E-state index in [0.717, 1.165) is 17.6 Å². The lowest BCUT2D eigenvalue weighted by atomic mass is 10.2. The first-order chi connectivity index (χ1) is 14.5. The predicted octanol–water partition coefficient (Wildman–Crippen LogP) is 6.58. The Morgan fingerprint density at radius 1 is 0.875 bits per heavy atom. The molecule has 5 nitrogen and oxygen atoms in total. The summed E-state index contributed by atoms with van der Waals surface area (Å²) in [5.41, 5.74) is 1.07. The normalized spacial score (nSPS) is 15.3. The van der Waals surface area contributed by atoms with Gasteiger partial charge < -0.3 is 23.1 Å². The molecule has 1 aromatic rings. The molecule has 0 amide bonds. The summed E-state index contributed by atoms with van der Waals surface area (Å²) < 4.78 is 24.4. The third kappa shape index (κ3) is 8.74. The fourth-order valence-electron chi connectivity index (χ4n) is 2.72. The number of hydrogen-bond acceptors (Lipinski definition) is 5. The van der Waals surface area contributed by atoms with Crippen LogP contribution in [0.2, 0.25) is 36.3 Å². The molecule has 0 N–H and O–H groups in total. The SMILES string of the molecule is COc1ccc(COC[C@H](C[C@@H](C=O)O[Si](C)(C)C(C)(C)C)O[Si](C)(C)C(C)(C)C)cc1. The summed E-state index contributed by atoms with van der Waals surface area (Å²) in [6, 6.07) is 7.85. The molecule has 0 saturated carbocycles. The molecule has 1 rings (SSSR count). The maximum Gasteiger partial charge on any atom is 0.193 e. The average Bonchev–Trinajstić information content (AvgIpc) is 2.65. The largest absolute Gasteiger partial charge is 0.497 e. The van der Waals surface area contributed by atoms with E-state index in [9.17, 15) is 4.79 Å². The molecule has 0 aliphatic heterocycles. The van der Waals surface area contributed by atoms with Gasteiger partial charge in [-0.3, -0.25) is 0 Å². The summed E-state index contributed by atoms with van der Waals surface area (Å²) in [6.45, 7) is 22.9. The van der Waals surface area contributed by atoms with Gasteiger partial charge in [0.05, 0.1) is 26.4 Å². The van der Waals surface area contributed by atoms with E-state index in [1.54, 1.807) is 7.11 Å². The summed E-state index contributed by atoms with van der Waals surface area (Å²) in [7, 11) is -2.46. The summed E-state index contributed by atoms with van der Waals surface area (Å²) >= 11 is 0. The van der Waals surface area contributed by atoms with Crippen LogP contribution in [0.25, 0.3) is 0 Å². The Morgan fingerprint density at radius 2 is 1.38 bits per heavy atom. The number of carbonyl (C=O) groups is 1. The Labute approximate surface area is 198 Å². The first-order valence-electron chi connectivity index (χ1n) is 11.5. The molecule has 0 radical (unpaired) electrons. The second kappa shape index (κ2) is 11.4. The van der Waals surface area contributed by atoms with E-state index in [0.29, 0.717) is 19.6 Å². The minimum Gasteiger partial charge on any atom is -0.497 e. The van der Waals surface area contributed by atoms with Crippen LogP contribution in [0.4, 0.5) is 0 Å². The van der Waals surface area contributed by atoms with Gasteiger partial charge in [0.25, 0.3) is 0 Å². The smallest absolute Gasteiger partial charge is 0.193 e. The molecule has 1 aromatic carbocycles. The van der Waals surface area contributed by atoms with Crippen LogP contribution < -0.4 is 4.74 Å². The molecule has 0 aromatic heterocycles. The first kappa shape index (κ1) is 29.0. The van der Waals surface area contributed by atoms with Crippen molar-refractivity contribution in [2.45, 2.75) is 103 Å². The highest BCUT2D eigenvalue weighted by molar-refractivity contribution is 6.74. The highest BCUT2D eigenvalue weighted by atomic mass is 28.4. The van der Waals surface area contributed by atoms with Gasteiger partial charge >= 0.3 is 0 Å². The van der Waals surface area contributed by atoms with Gasteiger partial charge in [0, 0.05) is 6.42 Å². The van der Waals surface area contributed by atoms with Crippen molar-refractivity contribution in [1.82, 2.24) is 0 Å². The van der Waals surface area contributed by atoms with Gasteiger partial charge in [-0.25, -0.2) is 0 Å². The molecular weight excluding hydrogens is 436 g/mol. The van der Waals surface area contributed by atoms with Crippen LogP contribution in [0.3, 0.4) is 0 Å². The topological polar surface area (TPSA) is 54.0 Å². The molecular formula is C25H46O5Si2. The zero-order chi connectivity index (χ0) is 24.8. The van der Waals surface area contributed by atoms with E-state index in [4.69, 9.17) is 18.3 Å². The van der Waals surface area contributed by atoms with Crippen LogP contribution in [-0.2, 0) is 25.0 Å². The van der Waals surface area contributed by atoms with Crippen molar-refractivity contribution in [1.29, 1.82) is 0 Å². The molecule has 0 aliphatic rings. The zero-order valence-corrected chi connectivity index (χ0v) is 24.2. The van der Waals surface area contributed by atoms with Crippen LogP contribution in [0, 0.1) is 0 Å². The van der Waals surface area contributed by atoms with Crippen LogP contribution in [-0.4, -0.2) is 48.8 Å². The van der Waals surface area contributed by atoms with Crippen LogP contribution in [0.15, 0.2) is 24.3 Å². The summed E-state index contributed by atoms with van der Waals surface area (Å²) in [4.78, 5) is 12.0. The third-order valence-corrected chi connectivity index (χ3v) is 15.9. The lowest BCUT2D eigenvalue weighted by Crippen LogP contribution is -2.48. The Hall–Kier alpha value is -0.996. The van der Waals surface area contributed by atoms with Gasteiger partial charge in [-0.1, -0.05) is 53.7 Å². The van der Waals surface area contributed by atoms with Crippen molar-refractivity contribution in [3.05, 3.63) is 29.8 Å². The molecule has 0 unspecified atom stereocenters. The Kier molecular flexibility index (Phi) is 10.4. The number of hydrogen-bond donors (Lipinski definition) is 0. The molecule has 0 aliphatic carbocycles. The predicted molar refractivity (Wildman–Crippen MR) is 137 cm³/mol. The summed E-state index contributed by atoms with van der Waals surface area (Å²) in [5, 5.41) is 0.104. The van der Waals surface area contributed by atoms with Gasteiger partial charge in [0.2, 0.25) is 0 Å². The molecule has 0 fully saturated rings. The highest BCUT2D eigenvalue weighted by Gasteiger charge is 2.42. The minimum absolute atomic E-state index is 0.0366. The van der Waals surface area contributed by atoms with Crippen molar-refractivity contribution in [3.8, 4) is 5.75 Å². The van der Waals surface area contributed by atoms with Crippen molar-refractivity contribution < 1.29 is 23.1 Å². The first-order valence-corrected chi connectivity index (χ1v) is 17.4. The van der Waals surface area contributed by atoms with Gasteiger partial charge in [0.15, 0.2) is 16.6 Å². The Balaban J connectivity index is 2.91. The van der Waals surface area contributed by atoms with Crippen LogP contribution in [0.1, 0.15) is 53.5 Å². The van der Waals surface area contributed by atoms with E-state index in [1.807, 2.05) is 24.3 Å². The monoisotopic (exact) mass is 482 g/mol. The standard InChI is InChI=1S/C25H46O5Si2/c1-24(2,3)31(8,9)29-22(17-26)16-23(30-32(10,11)25(4,5)6)19-28-18-20-12-14-21(27-7)15-13-20/h12-15,17,22-23H,16,18-19H2,1-11H3/t22-,23-/m0/s1. The fraction of sp³-hybridized carbons (Fsp3) is 0.720. The second-order valence-electron chi connectivity index (χ2n) is 11.7. The Bertz CT molecular complexity index is 703. The van der Waals surface area contributed by atoms with E-state index in [1.165, 1.54) is 0 Å². The van der Waals surface area contributed by atoms with Crippen LogP contribution in [0.5, 0.6) is 5.75 Å². The van der Waals surface area contributed by atoms with Crippen molar-refractivity contribution in [2.75, 3.05) is 13.7 Å². The average molecular weight is 483 g/mol. The lowest BCUT2D eigenvalue weighted by molar-refractivity contribution is -0.115.